The van der Waals surface area contributed by atoms with Gasteiger partial charge in [-0.25, -0.2) is 9.59 Å². The molecule has 3 aromatic carbocycles. The third-order valence-electron chi connectivity index (χ3n) is 3.12. The first kappa shape index (κ1) is 18.9. The SMILES string of the molecule is Cc1cc(C(=O)O)cc(C(=O)O)c1.[Zr].c1ccc2[cH-]ccc2c1. The van der Waals surface area contributed by atoms with E-state index in [2.05, 4.69) is 42.5 Å². The van der Waals surface area contributed by atoms with Gasteiger partial charge in [-0.15, -0.1) is 29.7 Å². The van der Waals surface area contributed by atoms with Gasteiger partial charge in [-0.2, -0.15) is 17.5 Å². The van der Waals surface area contributed by atoms with Crippen LogP contribution in [0, 0.1) is 6.92 Å². The molecule has 0 fully saturated rings. The zero-order chi connectivity index (χ0) is 16.1. The zero-order valence-corrected chi connectivity index (χ0v) is 14.9. The Labute approximate surface area is 152 Å². The van der Waals surface area contributed by atoms with Gasteiger partial charge in [0.15, 0.2) is 0 Å². The molecule has 0 saturated heterocycles. The van der Waals surface area contributed by atoms with Gasteiger partial charge in [-0.05, 0) is 30.7 Å². The Morgan fingerprint density at radius 3 is 2.00 bits per heavy atom. The van der Waals surface area contributed by atoms with Gasteiger partial charge in [-0.3, -0.25) is 0 Å². The van der Waals surface area contributed by atoms with Gasteiger partial charge in [0.05, 0.1) is 11.1 Å². The van der Waals surface area contributed by atoms with E-state index in [1.807, 2.05) is 0 Å². The fraction of sp³-hybridized carbons (Fsp3) is 0.0556. The smallest absolute Gasteiger partial charge is 0.335 e. The number of carboxylic acids is 2. The molecule has 0 bridgehead atoms. The van der Waals surface area contributed by atoms with Gasteiger partial charge in [-0.1, -0.05) is 6.07 Å². The summed E-state index contributed by atoms with van der Waals surface area (Å²) in [4.78, 5) is 21.1. The Morgan fingerprint density at radius 2 is 1.48 bits per heavy atom. The van der Waals surface area contributed by atoms with E-state index in [0.29, 0.717) is 5.56 Å². The summed E-state index contributed by atoms with van der Waals surface area (Å²) in [5.74, 6) is -2.24. The Hall–Kier alpha value is -2.13. The summed E-state index contributed by atoms with van der Waals surface area (Å²) in [6.07, 6.45) is 0. The van der Waals surface area contributed by atoms with Crippen LogP contribution < -0.4 is 0 Å². The predicted molar refractivity (Wildman–Crippen MR) is 84.6 cm³/mol. The van der Waals surface area contributed by atoms with Crippen molar-refractivity contribution in [3.8, 4) is 0 Å². The van der Waals surface area contributed by atoms with E-state index in [0.717, 1.165) is 6.07 Å². The van der Waals surface area contributed by atoms with Crippen molar-refractivity contribution >= 4 is 22.7 Å². The normalized spacial score (nSPS) is 9.43. The van der Waals surface area contributed by atoms with Gasteiger partial charge in [0.2, 0.25) is 0 Å². The van der Waals surface area contributed by atoms with Crippen LogP contribution in [0.5, 0.6) is 0 Å². The minimum absolute atomic E-state index is 0. The van der Waals surface area contributed by atoms with Crippen LogP contribution in [0.1, 0.15) is 26.3 Å². The van der Waals surface area contributed by atoms with Crippen molar-refractivity contribution in [1.82, 2.24) is 0 Å². The van der Waals surface area contributed by atoms with Crippen molar-refractivity contribution in [2.75, 3.05) is 0 Å². The largest absolute Gasteiger partial charge is 0.478 e. The summed E-state index contributed by atoms with van der Waals surface area (Å²) < 4.78 is 0. The van der Waals surface area contributed by atoms with Crippen LogP contribution in [0.2, 0.25) is 0 Å². The number of fused-ring (bicyclic) bond motifs is 1. The van der Waals surface area contributed by atoms with Crippen molar-refractivity contribution < 1.29 is 46.0 Å². The molecule has 0 saturated carbocycles. The molecule has 0 aliphatic rings. The third-order valence-corrected chi connectivity index (χ3v) is 3.12. The van der Waals surface area contributed by atoms with Crippen LogP contribution >= 0.6 is 0 Å². The maximum absolute atomic E-state index is 10.5. The summed E-state index contributed by atoms with van der Waals surface area (Å²) >= 11 is 0. The summed E-state index contributed by atoms with van der Waals surface area (Å²) in [5, 5.41) is 19.9. The second-order valence-corrected chi connectivity index (χ2v) is 4.85. The average molecular weight is 387 g/mol. The standard InChI is InChI=1S/C9H8O4.C9H7.Zr/c1-5-2-6(8(10)11)4-7(3-5)9(12)13;1-2-5-9-7-3-6-8(9)4-1;/h2-4H,1H3,(H,10,11)(H,12,13);1-7H;/q;-1;. The molecule has 116 valence electrons. The van der Waals surface area contributed by atoms with Crippen molar-refractivity contribution in [1.29, 1.82) is 0 Å². The number of hydrogen-bond acceptors (Lipinski definition) is 2. The first-order chi connectivity index (χ1) is 10.5. The minimum atomic E-state index is -1.12. The van der Waals surface area contributed by atoms with Gasteiger partial charge in [0.1, 0.15) is 0 Å². The molecular formula is C18H15O4Zr-. The maximum Gasteiger partial charge on any atom is 0.335 e. The molecule has 0 aromatic heterocycles. The van der Waals surface area contributed by atoms with Crippen LogP contribution in [0.4, 0.5) is 0 Å². The molecule has 0 radical (unpaired) electrons. The van der Waals surface area contributed by atoms with E-state index in [-0.39, 0.29) is 37.3 Å². The Kier molecular flexibility index (Phi) is 6.99. The quantitative estimate of drug-likeness (QED) is 0.654. The van der Waals surface area contributed by atoms with Crippen LogP contribution in [0.3, 0.4) is 0 Å². The monoisotopic (exact) mass is 385 g/mol. The first-order valence-electron chi connectivity index (χ1n) is 6.66. The van der Waals surface area contributed by atoms with Crippen molar-refractivity contribution in [2.45, 2.75) is 6.92 Å². The first-order valence-corrected chi connectivity index (χ1v) is 6.66. The van der Waals surface area contributed by atoms with Crippen molar-refractivity contribution in [3.05, 3.63) is 77.4 Å². The molecule has 2 N–H and O–H groups in total. The zero-order valence-electron chi connectivity index (χ0n) is 12.5. The topological polar surface area (TPSA) is 74.6 Å². The Morgan fingerprint density at radius 1 is 0.913 bits per heavy atom. The number of rotatable bonds is 2. The summed E-state index contributed by atoms with van der Waals surface area (Å²) in [5.41, 5.74) is 0.618. The molecule has 0 atom stereocenters. The predicted octanol–water partition coefficient (Wildman–Crippen LogP) is 3.95. The second kappa shape index (κ2) is 8.49. The van der Waals surface area contributed by atoms with E-state index >= 15 is 0 Å². The summed E-state index contributed by atoms with van der Waals surface area (Å²) in [6, 6.07) is 18.7. The number of benzene rings is 2. The molecule has 0 heterocycles. The number of carbonyl (C=O) groups is 2. The summed E-state index contributed by atoms with van der Waals surface area (Å²) in [7, 11) is 0. The molecule has 0 spiro atoms. The van der Waals surface area contributed by atoms with Gasteiger partial charge >= 0.3 is 11.9 Å². The number of carboxylic acid groups (broad SMARTS) is 2. The van der Waals surface area contributed by atoms with E-state index in [9.17, 15) is 9.59 Å². The fourth-order valence-corrected chi connectivity index (χ4v) is 2.10. The molecule has 5 heteroatoms. The van der Waals surface area contributed by atoms with E-state index in [4.69, 9.17) is 10.2 Å². The van der Waals surface area contributed by atoms with Crippen LogP contribution in [-0.2, 0) is 26.2 Å². The van der Waals surface area contributed by atoms with Gasteiger partial charge in [0, 0.05) is 26.2 Å². The Balaban J connectivity index is 0.000000232. The molecule has 0 aliphatic heterocycles. The maximum atomic E-state index is 10.5. The molecule has 23 heavy (non-hydrogen) atoms. The molecular weight excluding hydrogens is 371 g/mol. The second-order valence-electron chi connectivity index (χ2n) is 4.85. The van der Waals surface area contributed by atoms with E-state index in [1.54, 1.807) is 6.92 Å². The number of hydrogen-bond donors (Lipinski definition) is 2. The molecule has 4 nitrogen and oxygen atoms in total. The van der Waals surface area contributed by atoms with E-state index < -0.39 is 11.9 Å². The van der Waals surface area contributed by atoms with Crippen LogP contribution in [-0.4, -0.2) is 22.2 Å². The van der Waals surface area contributed by atoms with Crippen LogP contribution in [0.25, 0.3) is 10.8 Å². The van der Waals surface area contributed by atoms with Gasteiger partial charge < -0.3 is 10.2 Å². The van der Waals surface area contributed by atoms with Crippen molar-refractivity contribution in [2.24, 2.45) is 0 Å². The minimum Gasteiger partial charge on any atom is -0.478 e. The Bertz CT molecular complexity index is 758. The molecule has 0 amide bonds. The van der Waals surface area contributed by atoms with E-state index in [1.165, 1.54) is 22.9 Å². The molecule has 3 aromatic rings. The fourth-order valence-electron chi connectivity index (χ4n) is 2.10. The number of aryl methyl sites for hydroxylation is 1. The molecule has 3 rings (SSSR count). The summed E-state index contributed by atoms with van der Waals surface area (Å²) in [6.45, 7) is 1.65. The van der Waals surface area contributed by atoms with Crippen molar-refractivity contribution in [3.63, 3.8) is 0 Å². The molecule has 0 aliphatic carbocycles. The van der Waals surface area contributed by atoms with Crippen LogP contribution in [0.15, 0.2) is 60.7 Å². The van der Waals surface area contributed by atoms with Gasteiger partial charge in [0.25, 0.3) is 0 Å². The number of aromatic carboxylic acids is 2. The molecule has 0 unspecified atom stereocenters. The third kappa shape index (κ3) is 5.22. The average Bonchev–Trinajstić information content (AvgIpc) is 2.95.